The van der Waals surface area contributed by atoms with Crippen LogP contribution in [0.3, 0.4) is 0 Å². The van der Waals surface area contributed by atoms with Gasteiger partial charge in [-0.25, -0.2) is 14.4 Å². The van der Waals surface area contributed by atoms with Crippen LogP contribution in [0.2, 0.25) is 0 Å². The van der Waals surface area contributed by atoms with E-state index in [0.29, 0.717) is 42.5 Å². The molecule has 28 heavy (non-hydrogen) atoms. The third-order valence-electron chi connectivity index (χ3n) is 4.89. The predicted molar refractivity (Wildman–Crippen MR) is 102 cm³/mol. The summed E-state index contributed by atoms with van der Waals surface area (Å²) in [7, 11) is 3.20. The van der Waals surface area contributed by atoms with E-state index >= 15 is 0 Å². The van der Waals surface area contributed by atoms with Crippen LogP contribution < -0.4 is 14.2 Å². The highest BCUT2D eigenvalue weighted by Crippen LogP contribution is 2.41. The molecule has 0 bridgehead atoms. The molecule has 0 atom stereocenters. The highest BCUT2D eigenvalue weighted by molar-refractivity contribution is 5.96. The summed E-state index contributed by atoms with van der Waals surface area (Å²) in [5.74, 6) is 1.00. The number of rotatable bonds is 6. The van der Waals surface area contributed by atoms with Crippen LogP contribution in [0.25, 0.3) is 10.8 Å². The molecule has 2 aromatic carbocycles. The molecule has 7 heteroatoms. The quantitative estimate of drug-likeness (QED) is 0.649. The van der Waals surface area contributed by atoms with Gasteiger partial charge in [0.25, 0.3) is 0 Å². The lowest BCUT2D eigenvalue weighted by molar-refractivity contribution is -0.0831. The first kappa shape index (κ1) is 18.4. The normalized spacial score (nSPS) is 14.0. The van der Waals surface area contributed by atoms with E-state index in [4.69, 9.17) is 18.9 Å². The zero-order valence-corrected chi connectivity index (χ0v) is 16.0. The largest absolute Gasteiger partial charge is 0.496 e. The summed E-state index contributed by atoms with van der Waals surface area (Å²) in [6.07, 6.45) is 3.99. The van der Waals surface area contributed by atoms with Crippen molar-refractivity contribution in [1.82, 2.24) is 9.97 Å². The maximum absolute atomic E-state index is 13.9. The Bertz CT molecular complexity index is 1000. The van der Waals surface area contributed by atoms with Crippen LogP contribution in [-0.4, -0.2) is 43.5 Å². The molecule has 3 aromatic rings. The molecule has 1 aliphatic heterocycles. The van der Waals surface area contributed by atoms with Crippen molar-refractivity contribution in [2.75, 3.05) is 27.4 Å². The van der Waals surface area contributed by atoms with Gasteiger partial charge in [0.1, 0.15) is 23.4 Å². The molecule has 0 N–H and O–H groups in total. The van der Waals surface area contributed by atoms with Gasteiger partial charge in [-0.1, -0.05) is 0 Å². The number of fused-ring (bicyclic) bond motifs is 1. The van der Waals surface area contributed by atoms with Gasteiger partial charge >= 0.3 is 6.01 Å². The van der Waals surface area contributed by atoms with Gasteiger partial charge in [0.05, 0.1) is 27.4 Å². The third kappa shape index (κ3) is 3.33. The summed E-state index contributed by atoms with van der Waals surface area (Å²) in [5.41, 5.74) is 2.73. The van der Waals surface area contributed by atoms with E-state index in [-0.39, 0.29) is 11.9 Å². The second kappa shape index (κ2) is 7.59. The van der Waals surface area contributed by atoms with Gasteiger partial charge in [-0.05, 0) is 36.2 Å². The van der Waals surface area contributed by atoms with Crippen LogP contribution in [0.5, 0.6) is 17.5 Å². The molecule has 146 valence electrons. The number of ether oxygens (including phenoxy) is 4. The second-order valence-electron chi connectivity index (χ2n) is 6.69. The molecule has 0 unspecified atom stereocenters. The predicted octanol–water partition coefficient (Wildman–Crippen LogP) is 3.46. The second-order valence-corrected chi connectivity index (χ2v) is 6.69. The lowest BCUT2D eigenvalue weighted by Gasteiger charge is -2.25. The molecule has 1 aromatic heterocycles. The Hall–Kier alpha value is -2.93. The molecule has 0 radical (unpaired) electrons. The van der Waals surface area contributed by atoms with Crippen LogP contribution in [0.15, 0.2) is 30.6 Å². The van der Waals surface area contributed by atoms with Gasteiger partial charge in [0.2, 0.25) is 0 Å². The molecular formula is C21H21FN2O4. The number of hydrogen-bond donors (Lipinski definition) is 0. The number of aromatic nitrogens is 2. The molecule has 2 heterocycles. The summed E-state index contributed by atoms with van der Waals surface area (Å²) in [5, 5.41) is 1.48. The van der Waals surface area contributed by atoms with E-state index in [0.717, 1.165) is 22.1 Å². The lowest BCUT2D eigenvalue weighted by Crippen LogP contribution is -2.39. The maximum atomic E-state index is 13.9. The molecule has 1 aliphatic rings. The van der Waals surface area contributed by atoms with Gasteiger partial charge in [-0.3, -0.25) is 0 Å². The summed E-state index contributed by atoms with van der Waals surface area (Å²) in [6.45, 7) is 3.10. The first-order chi connectivity index (χ1) is 13.6. The van der Waals surface area contributed by atoms with E-state index in [1.54, 1.807) is 32.7 Å². The summed E-state index contributed by atoms with van der Waals surface area (Å²) in [6, 6.07) is 4.93. The maximum Gasteiger partial charge on any atom is 0.316 e. The first-order valence-corrected chi connectivity index (χ1v) is 8.98. The number of halogens is 1. The fraction of sp³-hybridized carbons (Fsp3) is 0.333. The summed E-state index contributed by atoms with van der Waals surface area (Å²) >= 11 is 0. The van der Waals surface area contributed by atoms with Gasteiger partial charge in [0.15, 0.2) is 0 Å². The van der Waals surface area contributed by atoms with Gasteiger partial charge < -0.3 is 18.9 Å². The lowest BCUT2D eigenvalue weighted by atomic mass is 9.94. The van der Waals surface area contributed by atoms with Gasteiger partial charge in [-0.2, -0.15) is 0 Å². The van der Waals surface area contributed by atoms with E-state index in [2.05, 4.69) is 9.97 Å². The van der Waals surface area contributed by atoms with Crippen molar-refractivity contribution in [3.63, 3.8) is 0 Å². The average Bonchev–Trinajstić information content (AvgIpc) is 2.67. The number of nitrogens with zero attached hydrogens (tertiary/aromatic N) is 2. The molecule has 1 saturated heterocycles. The zero-order valence-electron chi connectivity index (χ0n) is 16.0. The van der Waals surface area contributed by atoms with Crippen molar-refractivity contribution >= 4 is 10.8 Å². The van der Waals surface area contributed by atoms with Crippen molar-refractivity contribution < 1.29 is 23.3 Å². The van der Waals surface area contributed by atoms with Gasteiger partial charge in [-0.15, -0.1) is 0 Å². The Balaban J connectivity index is 1.72. The Morgan fingerprint density at radius 3 is 2.39 bits per heavy atom. The first-order valence-electron chi connectivity index (χ1n) is 8.98. The number of benzene rings is 2. The van der Waals surface area contributed by atoms with Crippen LogP contribution in [0, 0.1) is 12.7 Å². The SMILES string of the molecule is COc1c(C)c(Cc2cnc(OC3COC3)nc2)c(OC)c2cc(F)ccc12. The van der Waals surface area contributed by atoms with Crippen LogP contribution >= 0.6 is 0 Å². The Kier molecular flexibility index (Phi) is 5.00. The van der Waals surface area contributed by atoms with E-state index in [9.17, 15) is 4.39 Å². The topological polar surface area (TPSA) is 62.7 Å². The fourth-order valence-electron chi connectivity index (χ4n) is 3.41. The van der Waals surface area contributed by atoms with Crippen molar-refractivity contribution in [1.29, 1.82) is 0 Å². The minimum atomic E-state index is -0.326. The molecule has 4 rings (SSSR count). The van der Waals surface area contributed by atoms with E-state index in [1.165, 1.54) is 12.1 Å². The summed E-state index contributed by atoms with van der Waals surface area (Å²) in [4.78, 5) is 8.56. The molecule has 6 nitrogen and oxygen atoms in total. The monoisotopic (exact) mass is 384 g/mol. The van der Waals surface area contributed by atoms with Crippen molar-refractivity contribution in [2.24, 2.45) is 0 Å². The zero-order chi connectivity index (χ0) is 19.7. The minimum Gasteiger partial charge on any atom is -0.496 e. The van der Waals surface area contributed by atoms with Gasteiger partial charge in [0, 0.05) is 35.2 Å². The highest BCUT2D eigenvalue weighted by Gasteiger charge is 2.22. The fourth-order valence-corrected chi connectivity index (χ4v) is 3.41. The average molecular weight is 384 g/mol. The third-order valence-corrected chi connectivity index (χ3v) is 4.89. The molecule has 0 amide bonds. The van der Waals surface area contributed by atoms with Crippen LogP contribution in [-0.2, 0) is 11.2 Å². The van der Waals surface area contributed by atoms with Crippen molar-refractivity contribution in [2.45, 2.75) is 19.4 Å². The Morgan fingerprint density at radius 1 is 1.07 bits per heavy atom. The summed E-state index contributed by atoms with van der Waals surface area (Å²) < 4.78 is 35.8. The van der Waals surface area contributed by atoms with Crippen molar-refractivity contribution in [3.8, 4) is 17.5 Å². The molecular weight excluding hydrogens is 363 g/mol. The molecule has 0 aliphatic carbocycles. The molecule has 1 fully saturated rings. The number of methoxy groups -OCH3 is 2. The number of hydrogen-bond acceptors (Lipinski definition) is 6. The smallest absolute Gasteiger partial charge is 0.316 e. The van der Waals surface area contributed by atoms with E-state index < -0.39 is 0 Å². The highest BCUT2D eigenvalue weighted by atomic mass is 19.1. The van der Waals surface area contributed by atoms with Crippen LogP contribution in [0.1, 0.15) is 16.7 Å². The Morgan fingerprint density at radius 2 is 1.79 bits per heavy atom. The molecule has 0 spiro atoms. The Labute approximate surface area is 162 Å². The van der Waals surface area contributed by atoms with E-state index in [1.807, 2.05) is 6.92 Å². The minimum absolute atomic E-state index is 0.0211. The molecule has 0 saturated carbocycles. The van der Waals surface area contributed by atoms with Crippen LogP contribution in [0.4, 0.5) is 4.39 Å². The standard InChI is InChI=1S/C21H21FN2O4/c1-12-17(6-13-8-23-21(24-9-13)28-15-10-27-11-15)20(26-3)18-7-14(22)4-5-16(18)19(12)25-2/h4-5,7-9,15H,6,10-11H2,1-3H3. The van der Waals surface area contributed by atoms with Crippen molar-refractivity contribution in [3.05, 3.63) is 53.1 Å².